The number of sulfonamides is 1. The van der Waals surface area contributed by atoms with Gasteiger partial charge in [0.25, 0.3) is 0 Å². The highest BCUT2D eigenvalue weighted by atomic mass is 32.2. The van der Waals surface area contributed by atoms with Crippen molar-refractivity contribution < 1.29 is 18.0 Å². The maximum Gasteiger partial charge on any atom is 0.238 e. The van der Waals surface area contributed by atoms with Crippen molar-refractivity contribution in [2.45, 2.75) is 31.1 Å². The number of H-pyrrole nitrogens is 1. The molecule has 1 aliphatic rings. The number of likely N-dealkylation sites (tertiary alicyclic amines) is 1. The van der Waals surface area contributed by atoms with E-state index in [9.17, 15) is 18.0 Å². The summed E-state index contributed by atoms with van der Waals surface area (Å²) in [7, 11) is -3.77. The van der Waals surface area contributed by atoms with Crippen molar-refractivity contribution in [2.75, 3.05) is 18.4 Å². The third kappa shape index (κ3) is 4.68. The number of para-hydroxylation sites is 1. The van der Waals surface area contributed by atoms with E-state index in [2.05, 4.69) is 10.3 Å². The standard InChI is InChI=1S/C23H26N4O4S/c1-15-20(19-4-2-3-5-21(19)25-15)14-22(28)27-12-10-16(11-13-27)23(29)26-17-6-8-18(9-7-17)32(24,30)31/h2-9,16,25H,10-14H2,1H3,(H,26,29)(H2,24,30,31). The Bertz CT molecular complexity index is 1260. The second kappa shape index (κ2) is 8.76. The Kier molecular flexibility index (Phi) is 6.03. The van der Waals surface area contributed by atoms with Crippen molar-refractivity contribution in [3.05, 3.63) is 59.8 Å². The number of benzene rings is 2. The molecule has 1 aliphatic heterocycles. The zero-order valence-corrected chi connectivity index (χ0v) is 18.6. The number of aromatic amines is 1. The first-order chi connectivity index (χ1) is 15.2. The topological polar surface area (TPSA) is 125 Å². The number of amides is 2. The minimum absolute atomic E-state index is 0.00671. The molecular formula is C23H26N4O4S. The van der Waals surface area contributed by atoms with Crippen molar-refractivity contribution in [1.29, 1.82) is 0 Å². The number of fused-ring (bicyclic) bond motifs is 1. The molecule has 1 aromatic heterocycles. The van der Waals surface area contributed by atoms with E-state index in [1.807, 2.05) is 36.1 Å². The highest BCUT2D eigenvalue weighted by Crippen LogP contribution is 2.25. The van der Waals surface area contributed by atoms with E-state index in [-0.39, 0.29) is 22.6 Å². The smallest absolute Gasteiger partial charge is 0.238 e. The Labute approximate surface area is 186 Å². The molecule has 0 unspecified atom stereocenters. The van der Waals surface area contributed by atoms with Crippen LogP contribution in [0.4, 0.5) is 5.69 Å². The van der Waals surface area contributed by atoms with Crippen LogP contribution in [0.3, 0.4) is 0 Å². The van der Waals surface area contributed by atoms with E-state index < -0.39 is 10.0 Å². The minimum atomic E-state index is -3.77. The number of anilines is 1. The molecule has 0 aliphatic carbocycles. The van der Waals surface area contributed by atoms with Crippen molar-refractivity contribution in [3.8, 4) is 0 Å². The number of nitrogens with two attached hydrogens (primary N) is 1. The fraction of sp³-hybridized carbons (Fsp3) is 0.304. The molecule has 4 N–H and O–H groups in total. The second-order valence-corrected chi connectivity index (χ2v) is 9.73. The third-order valence-electron chi connectivity index (χ3n) is 6.02. The van der Waals surface area contributed by atoms with Crippen molar-refractivity contribution >= 4 is 38.4 Å². The molecule has 2 aromatic carbocycles. The quantitative estimate of drug-likeness (QED) is 0.548. The predicted molar refractivity (Wildman–Crippen MR) is 122 cm³/mol. The molecule has 168 valence electrons. The van der Waals surface area contributed by atoms with Gasteiger partial charge in [0, 0.05) is 41.3 Å². The summed E-state index contributed by atoms with van der Waals surface area (Å²) in [4.78, 5) is 30.7. The molecule has 9 heteroatoms. The van der Waals surface area contributed by atoms with Gasteiger partial charge < -0.3 is 15.2 Å². The second-order valence-electron chi connectivity index (χ2n) is 8.16. The number of piperidine rings is 1. The van der Waals surface area contributed by atoms with Crippen LogP contribution in [0.25, 0.3) is 10.9 Å². The van der Waals surface area contributed by atoms with Crippen LogP contribution in [0.2, 0.25) is 0 Å². The first kappa shape index (κ1) is 22.0. The maximum atomic E-state index is 12.9. The highest BCUT2D eigenvalue weighted by Gasteiger charge is 2.28. The average molecular weight is 455 g/mol. The molecule has 0 bridgehead atoms. The van der Waals surface area contributed by atoms with Crippen molar-refractivity contribution in [2.24, 2.45) is 11.1 Å². The van der Waals surface area contributed by atoms with Gasteiger partial charge in [0.15, 0.2) is 0 Å². The summed E-state index contributed by atoms with van der Waals surface area (Å²) >= 11 is 0. The lowest BCUT2D eigenvalue weighted by Crippen LogP contribution is -2.42. The number of hydrogen-bond donors (Lipinski definition) is 3. The summed E-state index contributed by atoms with van der Waals surface area (Å²) in [6.07, 6.45) is 1.50. The van der Waals surface area contributed by atoms with Gasteiger partial charge in [-0.1, -0.05) is 18.2 Å². The predicted octanol–water partition coefficient (Wildman–Crippen LogP) is 2.54. The number of nitrogens with zero attached hydrogens (tertiary/aromatic N) is 1. The molecule has 4 rings (SSSR count). The SMILES string of the molecule is Cc1[nH]c2ccccc2c1CC(=O)N1CCC(C(=O)Nc2ccc(S(N)(=O)=O)cc2)CC1. The number of primary sulfonamides is 1. The van der Waals surface area contributed by atoms with Gasteiger partial charge in [0.2, 0.25) is 21.8 Å². The van der Waals surface area contributed by atoms with E-state index in [0.717, 1.165) is 22.2 Å². The normalized spacial score (nSPS) is 15.1. The monoisotopic (exact) mass is 454 g/mol. The average Bonchev–Trinajstić information content (AvgIpc) is 3.08. The van der Waals surface area contributed by atoms with Gasteiger partial charge in [-0.05, 0) is 55.7 Å². The Morgan fingerprint density at radius 1 is 1.09 bits per heavy atom. The van der Waals surface area contributed by atoms with Crippen LogP contribution in [0.1, 0.15) is 24.1 Å². The Morgan fingerprint density at radius 3 is 2.41 bits per heavy atom. The first-order valence-corrected chi connectivity index (χ1v) is 12.0. The summed E-state index contributed by atoms with van der Waals surface area (Å²) in [5.74, 6) is -0.269. The molecule has 0 radical (unpaired) electrons. The van der Waals surface area contributed by atoms with Gasteiger partial charge >= 0.3 is 0 Å². The van der Waals surface area contributed by atoms with Gasteiger partial charge in [-0.25, -0.2) is 13.6 Å². The van der Waals surface area contributed by atoms with Gasteiger partial charge in [0.05, 0.1) is 11.3 Å². The number of nitrogens with one attached hydrogen (secondary N) is 2. The molecule has 3 aromatic rings. The number of aromatic nitrogens is 1. The molecule has 0 saturated carbocycles. The summed E-state index contributed by atoms with van der Waals surface area (Å²) in [5, 5.41) is 8.98. The molecular weight excluding hydrogens is 428 g/mol. The fourth-order valence-electron chi connectivity index (χ4n) is 4.19. The summed E-state index contributed by atoms with van der Waals surface area (Å²) < 4.78 is 22.7. The Balaban J connectivity index is 1.33. The molecule has 1 saturated heterocycles. The van der Waals surface area contributed by atoms with E-state index in [0.29, 0.717) is 38.0 Å². The van der Waals surface area contributed by atoms with Gasteiger partial charge in [-0.2, -0.15) is 0 Å². The number of carbonyl (C=O) groups is 2. The molecule has 32 heavy (non-hydrogen) atoms. The largest absolute Gasteiger partial charge is 0.358 e. The van der Waals surface area contributed by atoms with Crippen LogP contribution in [-0.4, -0.2) is 43.2 Å². The first-order valence-electron chi connectivity index (χ1n) is 10.5. The Morgan fingerprint density at radius 2 is 1.75 bits per heavy atom. The molecule has 1 fully saturated rings. The maximum absolute atomic E-state index is 12.9. The van der Waals surface area contributed by atoms with Crippen molar-refractivity contribution in [1.82, 2.24) is 9.88 Å². The molecule has 0 spiro atoms. The van der Waals surface area contributed by atoms with Gasteiger partial charge in [-0.15, -0.1) is 0 Å². The minimum Gasteiger partial charge on any atom is -0.358 e. The Hall–Kier alpha value is -3.17. The zero-order chi connectivity index (χ0) is 22.9. The van der Waals surface area contributed by atoms with E-state index in [4.69, 9.17) is 5.14 Å². The number of aryl methyl sites for hydroxylation is 1. The third-order valence-corrected chi connectivity index (χ3v) is 6.95. The van der Waals surface area contributed by atoms with E-state index in [1.54, 1.807) is 0 Å². The lowest BCUT2D eigenvalue weighted by atomic mass is 9.95. The van der Waals surface area contributed by atoms with Crippen LogP contribution in [0, 0.1) is 12.8 Å². The van der Waals surface area contributed by atoms with Crippen LogP contribution < -0.4 is 10.5 Å². The zero-order valence-electron chi connectivity index (χ0n) is 17.8. The summed E-state index contributed by atoms with van der Waals surface area (Å²) in [6, 6.07) is 13.7. The molecule has 2 amide bonds. The molecule has 2 heterocycles. The van der Waals surface area contributed by atoms with E-state index >= 15 is 0 Å². The lowest BCUT2D eigenvalue weighted by Gasteiger charge is -2.31. The summed E-state index contributed by atoms with van der Waals surface area (Å²) in [5.41, 5.74) is 3.56. The van der Waals surface area contributed by atoms with Crippen LogP contribution in [0.5, 0.6) is 0 Å². The summed E-state index contributed by atoms with van der Waals surface area (Å²) in [6.45, 7) is 3.04. The molecule has 0 atom stereocenters. The van der Waals surface area contributed by atoms with Crippen LogP contribution >= 0.6 is 0 Å². The number of hydrogen-bond acceptors (Lipinski definition) is 4. The van der Waals surface area contributed by atoms with Crippen LogP contribution in [0.15, 0.2) is 53.4 Å². The van der Waals surface area contributed by atoms with Gasteiger partial charge in [-0.3, -0.25) is 9.59 Å². The lowest BCUT2D eigenvalue weighted by molar-refractivity contribution is -0.133. The fourth-order valence-corrected chi connectivity index (χ4v) is 4.70. The van der Waals surface area contributed by atoms with E-state index in [1.165, 1.54) is 24.3 Å². The highest BCUT2D eigenvalue weighted by molar-refractivity contribution is 7.89. The van der Waals surface area contributed by atoms with Gasteiger partial charge in [0.1, 0.15) is 0 Å². The molecule has 8 nitrogen and oxygen atoms in total. The van der Waals surface area contributed by atoms with Crippen molar-refractivity contribution in [3.63, 3.8) is 0 Å². The number of carbonyl (C=O) groups excluding carboxylic acids is 2. The van der Waals surface area contributed by atoms with Crippen LogP contribution in [-0.2, 0) is 26.0 Å². The number of rotatable bonds is 5.